The first-order valence-corrected chi connectivity index (χ1v) is 10.8. The molecule has 0 radical (unpaired) electrons. The van der Waals surface area contributed by atoms with Crippen LogP contribution in [0.3, 0.4) is 0 Å². The molecule has 8 nitrogen and oxygen atoms in total. The van der Waals surface area contributed by atoms with Crippen LogP contribution in [0, 0.1) is 0 Å². The lowest BCUT2D eigenvalue weighted by atomic mass is 10.2. The molecular formula is C19H19N3O5S2. The number of hydrogen-bond donors (Lipinski definition) is 2. The fourth-order valence-electron chi connectivity index (χ4n) is 2.41. The predicted octanol–water partition coefficient (Wildman–Crippen LogP) is 3.14. The van der Waals surface area contributed by atoms with Gasteiger partial charge in [0.1, 0.15) is 11.5 Å². The summed E-state index contributed by atoms with van der Waals surface area (Å²) in [6.45, 7) is 0. The van der Waals surface area contributed by atoms with Crippen LogP contribution in [-0.2, 0) is 21.2 Å². The van der Waals surface area contributed by atoms with Gasteiger partial charge in [0.2, 0.25) is 5.91 Å². The topological polar surface area (TPSA) is 107 Å². The highest BCUT2D eigenvalue weighted by Crippen LogP contribution is 2.22. The van der Waals surface area contributed by atoms with E-state index in [2.05, 4.69) is 15.0 Å². The van der Waals surface area contributed by atoms with Gasteiger partial charge in [0.05, 0.1) is 31.2 Å². The van der Waals surface area contributed by atoms with Crippen LogP contribution < -0.4 is 19.5 Å². The second-order valence-electron chi connectivity index (χ2n) is 5.88. The maximum absolute atomic E-state index is 12.5. The van der Waals surface area contributed by atoms with E-state index >= 15 is 0 Å². The van der Waals surface area contributed by atoms with Crippen LogP contribution >= 0.6 is 11.3 Å². The van der Waals surface area contributed by atoms with Crippen molar-refractivity contribution < 1.29 is 22.7 Å². The first-order chi connectivity index (χ1) is 13.9. The Morgan fingerprint density at radius 3 is 2.17 bits per heavy atom. The molecule has 1 heterocycles. The predicted molar refractivity (Wildman–Crippen MR) is 111 cm³/mol. The average Bonchev–Trinajstić information content (AvgIpc) is 3.14. The number of amides is 1. The van der Waals surface area contributed by atoms with Crippen LogP contribution in [0.25, 0.3) is 0 Å². The molecule has 152 valence electrons. The number of nitrogens with one attached hydrogen (secondary N) is 2. The molecule has 0 aliphatic carbocycles. The van der Waals surface area contributed by atoms with Gasteiger partial charge in [-0.25, -0.2) is 13.4 Å². The van der Waals surface area contributed by atoms with Gasteiger partial charge in [-0.2, -0.15) is 0 Å². The lowest BCUT2D eigenvalue weighted by Crippen LogP contribution is -2.15. The summed E-state index contributed by atoms with van der Waals surface area (Å²) in [7, 11) is -0.709. The van der Waals surface area contributed by atoms with Crippen molar-refractivity contribution in [1.82, 2.24) is 4.98 Å². The smallest absolute Gasteiger partial charge is 0.263 e. The number of thiazole rings is 1. The number of carbonyl (C=O) groups is 1. The SMILES string of the molecule is COc1ccc(NC(=O)Cc2csc(NS(=O)(=O)c3ccc(OC)cc3)n2)cc1. The van der Waals surface area contributed by atoms with E-state index in [9.17, 15) is 13.2 Å². The van der Waals surface area contributed by atoms with Crippen molar-refractivity contribution in [1.29, 1.82) is 0 Å². The van der Waals surface area contributed by atoms with E-state index in [0.29, 0.717) is 22.9 Å². The molecule has 1 aromatic heterocycles. The van der Waals surface area contributed by atoms with E-state index in [1.807, 2.05) is 0 Å². The number of anilines is 2. The molecule has 10 heteroatoms. The molecule has 3 rings (SSSR count). The molecule has 0 fully saturated rings. The summed E-state index contributed by atoms with van der Waals surface area (Å²) < 4.78 is 37.4. The van der Waals surface area contributed by atoms with E-state index in [1.54, 1.807) is 48.9 Å². The summed E-state index contributed by atoms with van der Waals surface area (Å²) in [5.74, 6) is 0.990. The minimum Gasteiger partial charge on any atom is -0.497 e. The Balaban J connectivity index is 1.61. The molecule has 2 aromatic carbocycles. The van der Waals surface area contributed by atoms with Crippen molar-refractivity contribution in [2.75, 3.05) is 24.3 Å². The second kappa shape index (κ2) is 8.93. The van der Waals surface area contributed by atoms with Crippen LogP contribution in [0.5, 0.6) is 11.5 Å². The summed E-state index contributed by atoms with van der Waals surface area (Å²) in [5.41, 5.74) is 1.10. The fourth-order valence-corrected chi connectivity index (χ4v) is 4.37. The van der Waals surface area contributed by atoms with E-state index in [0.717, 1.165) is 11.3 Å². The molecule has 29 heavy (non-hydrogen) atoms. The normalized spacial score (nSPS) is 11.0. The maximum atomic E-state index is 12.5. The number of ether oxygens (including phenoxy) is 2. The van der Waals surface area contributed by atoms with Crippen molar-refractivity contribution in [2.24, 2.45) is 0 Å². The third-order valence-electron chi connectivity index (χ3n) is 3.86. The number of sulfonamides is 1. The van der Waals surface area contributed by atoms with Gasteiger partial charge in [-0.15, -0.1) is 11.3 Å². The van der Waals surface area contributed by atoms with Crippen molar-refractivity contribution >= 4 is 38.1 Å². The molecule has 0 spiro atoms. The Kier molecular flexibility index (Phi) is 6.35. The van der Waals surface area contributed by atoms with Crippen molar-refractivity contribution in [3.8, 4) is 11.5 Å². The van der Waals surface area contributed by atoms with Gasteiger partial charge in [0, 0.05) is 11.1 Å². The van der Waals surface area contributed by atoms with Gasteiger partial charge in [-0.3, -0.25) is 9.52 Å². The maximum Gasteiger partial charge on any atom is 0.263 e. The lowest BCUT2D eigenvalue weighted by molar-refractivity contribution is -0.115. The highest BCUT2D eigenvalue weighted by atomic mass is 32.2. The van der Waals surface area contributed by atoms with Crippen molar-refractivity contribution in [3.05, 3.63) is 59.6 Å². The Labute approximate surface area is 172 Å². The number of nitrogens with zero attached hydrogens (tertiary/aromatic N) is 1. The lowest BCUT2D eigenvalue weighted by Gasteiger charge is -2.06. The van der Waals surface area contributed by atoms with E-state index in [1.165, 1.54) is 19.2 Å². The molecule has 0 unspecified atom stereocenters. The summed E-state index contributed by atoms with van der Waals surface area (Å²) in [5, 5.41) is 4.58. The molecule has 0 aliphatic rings. The molecule has 1 amide bonds. The van der Waals surface area contributed by atoms with Gasteiger partial charge in [0.15, 0.2) is 5.13 Å². The summed E-state index contributed by atoms with van der Waals surface area (Å²) >= 11 is 1.11. The largest absolute Gasteiger partial charge is 0.497 e. The van der Waals surface area contributed by atoms with Crippen LogP contribution in [0.1, 0.15) is 5.69 Å². The third kappa shape index (κ3) is 5.46. The van der Waals surface area contributed by atoms with Gasteiger partial charge < -0.3 is 14.8 Å². The fraction of sp³-hybridized carbons (Fsp3) is 0.158. The van der Waals surface area contributed by atoms with Crippen LogP contribution in [0.15, 0.2) is 58.8 Å². The zero-order valence-electron chi connectivity index (χ0n) is 15.7. The Bertz CT molecular complexity index is 1080. The molecular weight excluding hydrogens is 414 g/mol. The molecule has 3 aromatic rings. The highest BCUT2D eigenvalue weighted by Gasteiger charge is 2.17. The van der Waals surface area contributed by atoms with Crippen molar-refractivity contribution in [3.63, 3.8) is 0 Å². The number of rotatable bonds is 8. The number of hydrogen-bond acceptors (Lipinski definition) is 7. The molecule has 0 saturated carbocycles. The molecule has 0 bridgehead atoms. The zero-order chi connectivity index (χ0) is 20.9. The standard InChI is InChI=1S/C19H19N3O5S2/c1-26-15-5-3-13(4-6-15)20-18(23)11-14-12-28-19(21-14)22-29(24,25)17-9-7-16(27-2)8-10-17/h3-10,12H,11H2,1-2H3,(H,20,23)(H,21,22). The minimum absolute atomic E-state index is 0.0206. The zero-order valence-corrected chi connectivity index (χ0v) is 17.3. The van der Waals surface area contributed by atoms with Gasteiger partial charge in [-0.1, -0.05) is 0 Å². The van der Waals surface area contributed by atoms with Crippen LogP contribution in [-0.4, -0.2) is 33.5 Å². The molecule has 0 atom stereocenters. The van der Waals surface area contributed by atoms with Gasteiger partial charge in [0.25, 0.3) is 10.0 Å². The Hall–Kier alpha value is -3.11. The number of carbonyl (C=O) groups excluding carboxylic acids is 1. The van der Waals surface area contributed by atoms with Gasteiger partial charge in [-0.05, 0) is 48.5 Å². The number of benzene rings is 2. The van der Waals surface area contributed by atoms with E-state index in [-0.39, 0.29) is 22.4 Å². The molecule has 0 saturated heterocycles. The monoisotopic (exact) mass is 433 g/mol. The van der Waals surface area contributed by atoms with E-state index < -0.39 is 10.0 Å². The number of aromatic nitrogens is 1. The molecule has 0 aliphatic heterocycles. The van der Waals surface area contributed by atoms with Crippen molar-refractivity contribution in [2.45, 2.75) is 11.3 Å². The van der Waals surface area contributed by atoms with Crippen LogP contribution in [0.4, 0.5) is 10.8 Å². The van der Waals surface area contributed by atoms with Gasteiger partial charge >= 0.3 is 0 Å². The minimum atomic E-state index is -3.78. The highest BCUT2D eigenvalue weighted by molar-refractivity contribution is 7.93. The summed E-state index contributed by atoms with van der Waals surface area (Å²) in [6, 6.07) is 12.9. The Morgan fingerprint density at radius 1 is 1.00 bits per heavy atom. The second-order valence-corrected chi connectivity index (χ2v) is 8.42. The van der Waals surface area contributed by atoms with Crippen LogP contribution in [0.2, 0.25) is 0 Å². The average molecular weight is 434 g/mol. The van der Waals surface area contributed by atoms with E-state index in [4.69, 9.17) is 9.47 Å². The molecule has 2 N–H and O–H groups in total. The first kappa shape index (κ1) is 20.6. The number of methoxy groups -OCH3 is 2. The Morgan fingerprint density at radius 2 is 1.59 bits per heavy atom. The third-order valence-corrected chi connectivity index (χ3v) is 6.15. The first-order valence-electron chi connectivity index (χ1n) is 8.45. The summed E-state index contributed by atoms with van der Waals surface area (Å²) in [6.07, 6.45) is 0.0206. The quantitative estimate of drug-likeness (QED) is 0.565. The summed E-state index contributed by atoms with van der Waals surface area (Å²) in [4.78, 5) is 16.5.